The van der Waals surface area contributed by atoms with Crippen molar-refractivity contribution in [2.45, 2.75) is 32.1 Å². The first-order valence-electron chi connectivity index (χ1n) is 11.9. The van der Waals surface area contributed by atoms with E-state index in [1.54, 1.807) is 34.8 Å². The van der Waals surface area contributed by atoms with Gasteiger partial charge in [0.1, 0.15) is 0 Å². The van der Waals surface area contributed by atoms with Gasteiger partial charge in [-0.2, -0.15) is 0 Å². The minimum Gasteiger partial charge on any atom is -0.396 e. The van der Waals surface area contributed by atoms with Gasteiger partial charge in [0.25, 0.3) is 5.69 Å². The molecule has 2 aromatic heterocycles. The number of aliphatic hydroxyl groups excluding tert-OH is 1. The van der Waals surface area contributed by atoms with Gasteiger partial charge in [0, 0.05) is 57.2 Å². The van der Waals surface area contributed by atoms with Crippen LogP contribution in [0.15, 0.2) is 60.7 Å². The molecule has 4 rings (SSSR count). The average molecular weight is 507 g/mol. The molecule has 0 bridgehead atoms. The van der Waals surface area contributed by atoms with Gasteiger partial charge in [-0.15, -0.1) is 22.7 Å². The highest BCUT2D eigenvalue weighted by Gasteiger charge is 2.09. The van der Waals surface area contributed by atoms with E-state index in [9.17, 15) is 10.1 Å². The van der Waals surface area contributed by atoms with Crippen LogP contribution in [-0.4, -0.2) is 30.2 Å². The minimum atomic E-state index is -0.381. The van der Waals surface area contributed by atoms with Crippen LogP contribution in [0.5, 0.6) is 0 Å². The number of rotatable bonds is 12. The van der Waals surface area contributed by atoms with Crippen LogP contribution in [0.25, 0.3) is 32.0 Å². The average Bonchev–Trinajstić information content (AvgIpc) is 3.44. The number of hydrogen-bond acceptors (Lipinski definition) is 6. The van der Waals surface area contributed by atoms with Crippen molar-refractivity contribution in [3.05, 3.63) is 81.2 Å². The molecule has 0 saturated carbocycles. The third-order valence-corrected chi connectivity index (χ3v) is 8.32. The molecule has 0 aliphatic rings. The third-order valence-electron chi connectivity index (χ3n) is 6.01. The van der Waals surface area contributed by atoms with Crippen molar-refractivity contribution >= 4 is 55.6 Å². The van der Waals surface area contributed by atoms with E-state index in [0.717, 1.165) is 24.9 Å². The van der Waals surface area contributed by atoms with Crippen LogP contribution >= 0.6 is 22.7 Å². The minimum absolute atomic E-state index is 0.108. The maximum Gasteiger partial charge on any atom is 0.269 e. The molecule has 4 aromatic rings. The van der Waals surface area contributed by atoms with Gasteiger partial charge >= 0.3 is 0 Å². The van der Waals surface area contributed by atoms with Gasteiger partial charge in [0.2, 0.25) is 0 Å². The molecule has 2 heterocycles. The summed E-state index contributed by atoms with van der Waals surface area (Å²) in [6.07, 6.45) is 9.66. The molecule has 0 radical (unpaired) electrons. The number of nitrogens with zero attached hydrogens (tertiary/aromatic N) is 2. The van der Waals surface area contributed by atoms with E-state index in [-0.39, 0.29) is 10.6 Å². The number of unbranched alkanes of at least 4 members (excludes halogenated alkanes) is 4. The van der Waals surface area contributed by atoms with E-state index in [2.05, 4.69) is 54.4 Å². The first-order chi connectivity index (χ1) is 17.0. The Labute approximate surface area is 214 Å². The van der Waals surface area contributed by atoms with Crippen molar-refractivity contribution in [1.29, 1.82) is 0 Å². The Hall–Kier alpha value is -3.00. The first kappa shape index (κ1) is 25.1. The second-order valence-electron chi connectivity index (χ2n) is 8.63. The zero-order valence-corrected chi connectivity index (χ0v) is 21.5. The maximum atomic E-state index is 10.8. The number of nitro benzene ring substituents is 1. The van der Waals surface area contributed by atoms with Crippen molar-refractivity contribution < 1.29 is 10.0 Å². The predicted octanol–water partition coefficient (Wildman–Crippen LogP) is 8.09. The van der Waals surface area contributed by atoms with Crippen molar-refractivity contribution in [3.8, 4) is 10.4 Å². The van der Waals surface area contributed by atoms with Gasteiger partial charge in [0.05, 0.1) is 4.92 Å². The fourth-order valence-corrected chi connectivity index (χ4v) is 6.28. The molecule has 0 aliphatic carbocycles. The van der Waals surface area contributed by atoms with Crippen LogP contribution in [0.2, 0.25) is 0 Å². The van der Waals surface area contributed by atoms with Crippen LogP contribution in [0.1, 0.15) is 42.5 Å². The Kier molecular flexibility index (Phi) is 8.69. The summed E-state index contributed by atoms with van der Waals surface area (Å²) in [5, 5.41) is 19.7. The molecule has 0 unspecified atom stereocenters. The van der Waals surface area contributed by atoms with Crippen molar-refractivity contribution in [2.24, 2.45) is 0 Å². The highest BCUT2D eigenvalue weighted by atomic mass is 32.1. The molecule has 0 amide bonds. The summed E-state index contributed by atoms with van der Waals surface area (Å²) in [6.45, 7) is 1.35. The second-order valence-corrected chi connectivity index (χ2v) is 10.8. The van der Waals surface area contributed by atoms with Gasteiger partial charge in [-0.1, -0.05) is 37.5 Å². The van der Waals surface area contributed by atoms with Gasteiger partial charge in [-0.05, 0) is 66.4 Å². The van der Waals surface area contributed by atoms with E-state index in [0.29, 0.717) is 6.61 Å². The summed E-state index contributed by atoms with van der Waals surface area (Å²) in [4.78, 5) is 15.2. The van der Waals surface area contributed by atoms with E-state index < -0.39 is 0 Å². The van der Waals surface area contributed by atoms with Gasteiger partial charge in [-0.25, -0.2) is 0 Å². The summed E-state index contributed by atoms with van der Waals surface area (Å²) in [5.74, 6) is 0. The van der Waals surface area contributed by atoms with Crippen LogP contribution in [0, 0.1) is 10.1 Å². The number of aliphatic hydroxyl groups is 1. The molecule has 1 N–H and O–H groups in total. The Morgan fingerprint density at radius 1 is 0.886 bits per heavy atom. The molecular weight excluding hydrogens is 476 g/mol. The van der Waals surface area contributed by atoms with Gasteiger partial charge in [0.15, 0.2) is 0 Å². The van der Waals surface area contributed by atoms with E-state index >= 15 is 0 Å². The number of nitro groups is 1. The van der Waals surface area contributed by atoms with Gasteiger partial charge < -0.3 is 10.0 Å². The monoisotopic (exact) mass is 506 g/mol. The Balaban J connectivity index is 1.34. The maximum absolute atomic E-state index is 10.8. The second kappa shape index (κ2) is 12.1. The molecule has 2 aromatic carbocycles. The zero-order chi connectivity index (χ0) is 24.6. The zero-order valence-electron chi connectivity index (χ0n) is 19.9. The predicted molar refractivity (Wildman–Crippen MR) is 151 cm³/mol. The standard InChI is InChI=1S/C28H30N2O3S2/c1-29(17-5-3-2-4-6-18-31)23-14-10-22(11-15-23)26-20-28-27(35-26)19-25(34-28)16-9-21-7-12-24(13-8-21)30(32)33/h7-16,19-20,31H,2-6,17-18H2,1H3/b16-9+. The van der Waals surface area contributed by atoms with E-state index in [1.165, 1.54) is 61.8 Å². The first-order valence-corrected chi connectivity index (χ1v) is 13.5. The topological polar surface area (TPSA) is 66.6 Å². The summed E-state index contributed by atoms with van der Waals surface area (Å²) in [6, 6.07) is 19.9. The number of non-ortho nitro benzene ring substituents is 1. The fraction of sp³-hybridized carbons (Fsp3) is 0.286. The van der Waals surface area contributed by atoms with Crippen LogP contribution in [0.4, 0.5) is 11.4 Å². The van der Waals surface area contributed by atoms with E-state index in [1.807, 2.05) is 6.08 Å². The van der Waals surface area contributed by atoms with E-state index in [4.69, 9.17) is 5.11 Å². The lowest BCUT2D eigenvalue weighted by molar-refractivity contribution is -0.384. The molecule has 7 heteroatoms. The molecule has 0 spiro atoms. The molecule has 0 saturated heterocycles. The van der Waals surface area contributed by atoms with Crippen LogP contribution < -0.4 is 4.90 Å². The number of benzene rings is 2. The summed E-state index contributed by atoms with van der Waals surface area (Å²) in [7, 11) is 2.15. The third kappa shape index (κ3) is 6.78. The van der Waals surface area contributed by atoms with Crippen LogP contribution in [0.3, 0.4) is 0 Å². The molecule has 35 heavy (non-hydrogen) atoms. The van der Waals surface area contributed by atoms with Gasteiger partial charge in [-0.3, -0.25) is 10.1 Å². The Morgan fingerprint density at radius 2 is 1.57 bits per heavy atom. The number of anilines is 1. The molecule has 5 nitrogen and oxygen atoms in total. The largest absolute Gasteiger partial charge is 0.396 e. The summed E-state index contributed by atoms with van der Waals surface area (Å²) in [5.41, 5.74) is 3.53. The van der Waals surface area contributed by atoms with Crippen molar-refractivity contribution in [3.63, 3.8) is 0 Å². The lowest BCUT2D eigenvalue weighted by atomic mass is 10.1. The Morgan fingerprint density at radius 3 is 2.26 bits per heavy atom. The smallest absolute Gasteiger partial charge is 0.269 e. The lowest BCUT2D eigenvalue weighted by Gasteiger charge is -2.19. The number of fused-ring (bicyclic) bond motifs is 1. The molecule has 0 aliphatic heterocycles. The molecule has 0 fully saturated rings. The SMILES string of the molecule is CN(CCCCCCCO)c1ccc(-c2cc3sc(/C=C/c4ccc([N+](=O)[O-])cc4)cc3s2)cc1. The summed E-state index contributed by atoms with van der Waals surface area (Å²) >= 11 is 3.56. The lowest BCUT2D eigenvalue weighted by Crippen LogP contribution is -2.18. The number of thiophene rings is 2. The van der Waals surface area contributed by atoms with Crippen molar-refractivity contribution in [2.75, 3.05) is 25.1 Å². The number of hydrogen-bond donors (Lipinski definition) is 1. The molecular formula is C28H30N2O3S2. The van der Waals surface area contributed by atoms with Crippen LogP contribution in [-0.2, 0) is 0 Å². The fourth-order valence-electron chi connectivity index (χ4n) is 3.96. The molecule has 0 atom stereocenters. The Bertz CT molecular complexity index is 1240. The van der Waals surface area contributed by atoms with Crippen molar-refractivity contribution in [1.82, 2.24) is 0 Å². The highest BCUT2D eigenvalue weighted by Crippen LogP contribution is 2.39. The highest BCUT2D eigenvalue weighted by molar-refractivity contribution is 7.29. The normalized spacial score (nSPS) is 11.5. The molecule has 182 valence electrons. The quantitative estimate of drug-likeness (QED) is 0.120. The summed E-state index contributed by atoms with van der Waals surface area (Å²) < 4.78 is 2.55.